The van der Waals surface area contributed by atoms with Gasteiger partial charge in [0.15, 0.2) is 0 Å². The van der Waals surface area contributed by atoms with E-state index < -0.39 is 222 Å². The number of likely N-dealkylation sites (N-methyl/N-ethyl adjacent to an activating group) is 3. The van der Waals surface area contributed by atoms with Gasteiger partial charge in [-0.15, -0.1) is 11.8 Å². The first kappa shape index (κ1) is 108. The van der Waals surface area contributed by atoms with Crippen molar-refractivity contribution in [1.29, 1.82) is 0 Å². The maximum atomic E-state index is 15.9. The molecule has 3 aliphatic heterocycles. The number of para-hydroxylation sites is 2. The van der Waals surface area contributed by atoms with Crippen molar-refractivity contribution in [2.24, 2.45) is 34.8 Å². The largest absolute Gasteiger partial charge is 0.508 e. The van der Waals surface area contributed by atoms with E-state index in [1.807, 2.05) is 74.5 Å². The number of nitrogens with zero attached hydrogens (tertiary/aromatic N) is 5. The van der Waals surface area contributed by atoms with Gasteiger partial charge in [0.2, 0.25) is 100 Å². The summed E-state index contributed by atoms with van der Waals surface area (Å²) in [5.41, 5.74) is 27.5. The number of nitrogens with one attached hydrogen (secondary N) is 12. The van der Waals surface area contributed by atoms with Crippen molar-refractivity contribution in [2.45, 2.75) is 248 Å². The van der Waals surface area contributed by atoms with Gasteiger partial charge in [-0.1, -0.05) is 153 Å². The average molecular weight is 1920 g/mol. The van der Waals surface area contributed by atoms with Crippen molar-refractivity contribution in [3.63, 3.8) is 0 Å². The van der Waals surface area contributed by atoms with Crippen molar-refractivity contribution in [3.05, 3.63) is 138 Å². The third kappa shape index (κ3) is 29.7. The van der Waals surface area contributed by atoms with Crippen LogP contribution in [0.15, 0.2) is 116 Å². The number of aromatic nitrogens is 2. The maximum Gasteiger partial charge on any atom is 0.246 e. The molecule has 16 atom stereocenters. The van der Waals surface area contributed by atoms with Crippen molar-refractivity contribution in [1.82, 2.24) is 87.6 Å². The number of carbonyl (C=O) groups excluding carboxylic acids is 17. The van der Waals surface area contributed by atoms with Crippen LogP contribution in [-0.4, -0.2) is 296 Å². The number of carbonyl (C=O) groups is 17. The monoisotopic (exact) mass is 1920 g/mol. The van der Waals surface area contributed by atoms with E-state index in [1.165, 1.54) is 67.0 Å². The second-order valence-corrected chi connectivity index (χ2v) is 37.0. The van der Waals surface area contributed by atoms with E-state index in [2.05, 4.69) is 63.1 Å². The van der Waals surface area contributed by atoms with Crippen LogP contribution < -0.4 is 76.1 Å². The molecule has 0 spiro atoms. The second-order valence-electron chi connectivity index (χ2n) is 35.9. The zero-order valence-electron chi connectivity index (χ0n) is 79.5. The van der Waals surface area contributed by atoms with Gasteiger partial charge < -0.3 is 120 Å². The van der Waals surface area contributed by atoms with Crippen LogP contribution in [0.4, 0.5) is 0 Å². The van der Waals surface area contributed by atoms with Crippen LogP contribution in [0.3, 0.4) is 0 Å². The summed E-state index contributed by atoms with van der Waals surface area (Å²) in [4.78, 5) is 264. The molecule has 9 rings (SSSR count). The molecule has 17 amide bonds. The number of phenolic OH excluding ortho intramolecular Hbond substituents is 1. The molecular weight excluding hydrogens is 1780 g/mol. The standard InChI is InChI=1S/C96H135N21O19S/c1-11-14-30-75-89(128)106-68(40-54(4)5)86(125)111-74(84(123)103-49-80(100)120)52-137-53-81(121)104-70(41-57-33-35-61(118)36-34-57)92(131)113(8)56(7)83(122)108-72(45-79(99)119)94(133)116-39-23-32-76(116)90(129)110-73(46-98)88(127)112-82(55(6)13-3)96(135)117-50-62(136-51-58-24-17-16-18-25-58)44-78(117)91(130)107-69(42-59-47-101-65-28-21-19-26-63(59)65)87(126)105-67(37-38-97)85(124)109-71(43-60-48-102-66-29-22-20-27-64(60)66)93(132)115(10)77(31-15-12-2)95(134)114(75)9/h16-22,24-29,33-36,47-48,54-56,62,67-78,82,101-102,118H,11-15,23,30-32,37-46,49-53,97-98H2,1-10H3,(H2,99,119)(H2,100,120)(H,103,123)(H,104,121)(H,105,126)(H,106,128)(H,107,130)(H,108,122)(H,109,124)(H,110,129)(H,111,125)(H,112,127)/t55?,56-,62+,67-,68-,69-,70-,71-,72-,73-,74-,75-,76-,77-,78-,82-/m0/s1. The minimum absolute atomic E-state index is 0.00111. The number of rotatable bonds is 27. The highest BCUT2D eigenvalue weighted by Crippen LogP contribution is 2.30. The van der Waals surface area contributed by atoms with Crippen LogP contribution in [0, 0.1) is 11.8 Å². The molecule has 0 radical (unpaired) electrons. The summed E-state index contributed by atoms with van der Waals surface area (Å²) in [5.74, 6) is -17.0. The summed E-state index contributed by atoms with van der Waals surface area (Å²) in [6.45, 7) is 10.3. The van der Waals surface area contributed by atoms with Crippen LogP contribution in [0.25, 0.3) is 21.8 Å². The van der Waals surface area contributed by atoms with Gasteiger partial charge >= 0.3 is 0 Å². The van der Waals surface area contributed by atoms with Gasteiger partial charge in [-0.3, -0.25) is 81.5 Å². The number of aromatic amines is 2. The van der Waals surface area contributed by atoms with Crippen molar-refractivity contribution < 1.29 is 91.4 Å². The molecule has 1 unspecified atom stereocenters. The lowest BCUT2D eigenvalue weighted by Gasteiger charge is -2.36. The summed E-state index contributed by atoms with van der Waals surface area (Å²) in [7, 11) is 4.05. The van der Waals surface area contributed by atoms with Gasteiger partial charge in [-0.05, 0) is 110 Å². The van der Waals surface area contributed by atoms with Gasteiger partial charge in [0.25, 0.3) is 0 Å². The fourth-order valence-electron chi connectivity index (χ4n) is 17.2. The van der Waals surface area contributed by atoms with E-state index in [9.17, 15) is 53.1 Å². The van der Waals surface area contributed by atoms with Crippen molar-refractivity contribution in [2.75, 3.05) is 65.4 Å². The molecule has 0 saturated carbocycles. The molecule has 41 heteroatoms. The summed E-state index contributed by atoms with van der Waals surface area (Å²) >= 11 is 0.805. The fraction of sp³-hybridized carbons (Fsp3) is 0.531. The molecule has 6 aromatic rings. The quantitative estimate of drug-likeness (QED) is 0.0332. The Hall–Kier alpha value is -13.0. The van der Waals surface area contributed by atoms with Gasteiger partial charge in [-0.2, -0.15) is 0 Å². The number of aromatic hydroxyl groups is 1. The third-order valence-electron chi connectivity index (χ3n) is 25.3. The SMILES string of the molecule is CCCC[C@H]1C(=O)N(C)[C@@H](CCCC)C(=O)N[C@@H](CC(C)C)C(=O)N[C@H](C(=O)NCC(N)=O)CSCC(=O)N[C@@H](Cc2ccc(O)cc2)C(=O)N(C)[C@@H](C)C(=O)N[C@@H](CC(N)=O)C(=O)N2CCC[C@H]2C(=O)N[C@@H](CN)C(=O)N[C@@H](C(C)CC)C(=O)N2C[C@H](OCc3ccccc3)C[C@H]2C(=O)N[C@@H](Cc2c[nH]c3ccccc23)C(=O)N[C@@H](CCN)C(=O)N[C@@H](Cc2c[nH]c3ccccc23)C(=O)N1C. The minimum atomic E-state index is -1.76. The van der Waals surface area contributed by atoms with E-state index in [1.54, 1.807) is 58.3 Å². The Balaban J connectivity index is 1.11. The Kier molecular flexibility index (Phi) is 40.7. The highest BCUT2D eigenvalue weighted by atomic mass is 32.2. The molecule has 3 saturated heterocycles. The lowest BCUT2D eigenvalue weighted by Crippen LogP contribution is -2.62. The van der Waals surface area contributed by atoms with E-state index in [-0.39, 0.29) is 114 Å². The number of phenols is 1. The number of nitrogens with two attached hydrogens (primary N) is 4. The summed E-state index contributed by atoms with van der Waals surface area (Å²) in [6, 6.07) is 8.47. The van der Waals surface area contributed by atoms with E-state index >= 15 is 33.6 Å². The number of H-pyrrole nitrogens is 2. The highest BCUT2D eigenvalue weighted by Gasteiger charge is 2.48. The summed E-state index contributed by atoms with van der Waals surface area (Å²) in [6.07, 6.45) is 2.99. The number of unbranched alkanes of at least 4 members (excludes halogenated alkanes) is 2. The molecule has 3 fully saturated rings. The minimum Gasteiger partial charge on any atom is -0.508 e. The van der Waals surface area contributed by atoms with Crippen LogP contribution in [0.5, 0.6) is 5.75 Å². The van der Waals surface area contributed by atoms with Gasteiger partial charge in [-0.25, -0.2) is 0 Å². The Morgan fingerprint density at radius 3 is 1.67 bits per heavy atom. The molecule has 0 aliphatic carbocycles. The Morgan fingerprint density at radius 2 is 1.07 bits per heavy atom. The van der Waals surface area contributed by atoms with E-state index in [4.69, 9.17) is 27.7 Å². The number of hydrogen-bond acceptors (Lipinski definition) is 22. The van der Waals surface area contributed by atoms with Crippen molar-refractivity contribution in [3.8, 4) is 5.75 Å². The first-order chi connectivity index (χ1) is 65.4. The lowest BCUT2D eigenvalue weighted by molar-refractivity contribution is -0.149. The average Bonchev–Trinajstić information content (AvgIpc) is 1.45. The smallest absolute Gasteiger partial charge is 0.246 e. The lowest BCUT2D eigenvalue weighted by atomic mass is 9.96. The number of ether oxygens (including phenoxy) is 1. The second kappa shape index (κ2) is 51.8. The number of primary amides is 2. The number of benzene rings is 4. The Labute approximate surface area is 801 Å². The predicted molar refractivity (Wildman–Crippen MR) is 512 cm³/mol. The van der Waals surface area contributed by atoms with Gasteiger partial charge in [0, 0.05) is 106 Å². The normalized spacial score (nSPS) is 24.9. The number of hydrogen-bond donors (Lipinski definition) is 17. The molecule has 21 N–H and O–H groups in total. The first-order valence-corrected chi connectivity index (χ1v) is 48.0. The zero-order chi connectivity index (χ0) is 100. The van der Waals surface area contributed by atoms with Crippen LogP contribution in [0.2, 0.25) is 0 Å². The van der Waals surface area contributed by atoms with Crippen LogP contribution in [-0.2, 0) is 112 Å². The fourth-order valence-corrected chi connectivity index (χ4v) is 18.0. The Bertz CT molecular complexity index is 5230. The van der Waals surface area contributed by atoms with Gasteiger partial charge in [0.05, 0.1) is 31.4 Å². The summed E-state index contributed by atoms with van der Waals surface area (Å²) in [5, 5.41) is 38.8. The molecule has 2 aromatic heterocycles. The molecule has 744 valence electrons. The highest BCUT2D eigenvalue weighted by molar-refractivity contribution is 8.00. The molecular formula is C96H135N21O19S. The maximum absolute atomic E-state index is 15.9. The van der Waals surface area contributed by atoms with Crippen LogP contribution >= 0.6 is 11.8 Å². The molecule has 5 heterocycles. The van der Waals surface area contributed by atoms with Gasteiger partial charge in [0.1, 0.15) is 90.3 Å². The zero-order valence-corrected chi connectivity index (χ0v) is 80.3. The van der Waals surface area contributed by atoms with E-state index in [0.29, 0.717) is 64.2 Å². The first-order valence-electron chi connectivity index (χ1n) is 46.9. The van der Waals surface area contributed by atoms with Crippen molar-refractivity contribution >= 4 is 134 Å². The molecule has 3 aliphatic rings. The van der Waals surface area contributed by atoms with E-state index in [0.717, 1.165) is 27.1 Å². The number of fused-ring (bicyclic) bond motifs is 4. The Morgan fingerprint density at radius 1 is 0.526 bits per heavy atom. The molecule has 137 heavy (non-hydrogen) atoms. The topological polar surface area (TPSA) is 592 Å². The number of amides is 17. The molecule has 40 nitrogen and oxygen atoms in total. The third-order valence-corrected chi connectivity index (χ3v) is 26.4. The summed E-state index contributed by atoms with van der Waals surface area (Å²) < 4.78 is 6.48. The molecule has 0 bridgehead atoms. The molecule has 4 aromatic carbocycles. The predicted octanol–water partition coefficient (Wildman–Crippen LogP) is 0.428. The van der Waals surface area contributed by atoms with Crippen LogP contribution in [0.1, 0.15) is 154 Å². The number of thioether (sulfide) groups is 1.